The molecule has 2 heterocycles. The van der Waals surface area contributed by atoms with E-state index < -0.39 is 6.04 Å². The van der Waals surface area contributed by atoms with Crippen molar-refractivity contribution in [1.82, 2.24) is 14.8 Å². The molecule has 1 aliphatic heterocycles. The highest BCUT2D eigenvalue weighted by Crippen LogP contribution is 2.37. The standard InChI is InChI=1S/C24H25ClN4O2S/c1-5-31-22(30)20-16(4)26-23-27-24(32-13-18-7-6-14(2)12-15(18)3)28-29(23)21(20)17-8-10-19(25)11-9-17/h6-12,21H,5,13H2,1-4H3,(H,26,27,28)/t21-/m1/s1. The second-order valence-corrected chi connectivity index (χ2v) is 9.10. The van der Waals surface area contributed by atoms with Gasteiger partial charge in [-0.15, -0.1) is 5.10 Å². The third-order valence-corrected chi connectivity index (χ3v) is 6.51. The van der Waals surface area contributed by atoms with Gasteiger partial charge in [0.05, 0.1) is 12.2 Å². The molecule has 166 valence electrons. The summed E-state index contributed by atoms with van der Waals surface area (Å²) in [5.74, 6) is 0.986. The monoisotopic (exact) mass is 468 g/mol. The molecule has 3 aromatic rings. The molecule has 1 aromatic heterocycles. The smallest absolute Gasteiger partial charge is 0.338 e. The van der Waals surface area contributed by atoms with Crippen molar-refractivity contribution in [2.75, 3.05) is 11.9 Å². The molecule has 32 heavy (non-hydrogen) atoms. The number of fused-ring (bicyclic) bond motifs is 1. The number of esters is 1. The summed E-state index contributed by atoms with van der Waals surface area (Å²) in [6.45, 7) is 8.16. The first-order valence-corrected chi connectivity index (χ1v) is 11.8. The first-order chi connectivity index (χ1) is 15.4. The van der Waals surface area contributed by atoms with Crippen LogP contribution in [0, 0.1) is 13.8 Å². The Morgan fingerprint density at radius 2 is 1.94 bits per heavy atom. The van der Waals surface area contributed by atoms with Crippen molar-refractivity contribution in [3.8, 4) is 0 Å². The van der Waals surface area contributed by atoms with Crippen molar-refractivity contribution < 1.29 is 9.53 Å². The van der Waals surface area contributed by atoms with Gasteiger partial charge in [-0.2, -0.15) is 4.98 Å². The predicted molar refractivity (Wildman–Crippen MR) is 128 cm³/mol. The molecular formula is C24H25ClN4O2S. The first-order valence-electron chi connectivity index (χ1n) is 10.4. The summed E-state index contributed by atoms with van der Waals surface area (Å²) in [5.41, 5.74) is 5.84. The van der Waals surface area contributed by atoms with E-state index in [1.54, 1.807) is 23.4 Å². The molecule has 1 aliphatic rings. The Hall–Kier alpha value is -2.77. The third kappa shape index (κ3) is 4.54. The quantitative estimate of drug-likeness (QED) is 0.370. The minimum Gasteiger partial charge on any atom is -0.463 e. The zero-order chi connectivity index (χ0) is 22.8. The highest BCUT2D eigenvalue weighted by atomic mass is 35.5. The lowest BCUT2D eigenvalue weighted by Gasteiger charge is -2.28. The molecule has 0 aliphatic carbocycles. The molecule has 4 rings (SSSR count). The van der Waals surface area contributed by atoms with Crippen molar-refractivity contribution in [3.05, 3.63) is 81.0 Å². The Morgan fingerprint density at radius 3 is 2.62 bits per heavy atom. The SMILES string of the molecule is CCOC(=O)C1=C(C)Nc2nc(SCc3ccc(C)cc3C)nn2[C@@H]1c1ccc(Cl)cc1. The maximum Gasteiger partial charge on any atom is 0.338 e. The maximum atomic E-state index is 12.8. The number of thioether (sulfide) groups is 1. The third-order valence-electron chi connectivity index (χ3n) is 5.37. The molecule has 0 saturated carbocycles. The average molecular weight is 469 g/mol. The molecule has 0 bridgehead atoms. The molecule has 6 nitrogen and oxygen atoms in total. The summed E-state index contributed by atoms with van der Waals surface area (Å²) in [5, 5.41) is 9.25. The molecule has 0 fully saturated rings. The molecule has 0 radical (unpaired) electrons. The van der Waals surface area contributed by atoms with Crippen LogP contribution in [0.4, 0.5) is 5.95 Å². The number of carbonyl (C=O) groups excluding carboxylic acids is 1. The minimum atomic E-state index is -0.453. The number of allylic oxidation sites excluding steroid dienone is 1. The van der Waals surface area contributed by atoms with Gasteiger partial charge in [0.1, 0.15) is 6.04 Å². The Labute approximate surface area is 197 Å². The number of nitrogens with zero attached hydrogens (tertiary/aromatic N) is 3. The lowest BCUT2D eigenvalue weighted by molar-refractivity contribution is -0.139. The summed E-state index contributed by atoms with van der Waals surface area (Å²) in [4.78, 5) is 17.5. The van der Waals surface area contributed by atoms with Crippen LogP contribution in [0.25, 0.3) is 0 Å². The zero-order valence-electron chi connectivity index (χ0n) is 18.5. The van der Waals surface area contributed by atoms with Gasteiger partial charge >= 0.3 is 5.97 Å². The van der Waals surface area contributed by atoms with Gasteiger partial charge in [-0.3, -0.25) is 0 Å². The molecule has 8 heteroatoms. The van der Waals surface area contributed by atoms with Crippen LogP contribution >= 0.6 is 23.4 Å². The number of nitrogens with one attached hydrogen (secondary N) is 1. The molecule has 1 atom stereocenters. The van der Waals surface area contributed by atoms with Gasteiger partial charge < -0.3 is 10.1 Å². The van der Waals surface area contributed by atoms with Crippen LogP contribution in [0.5, 0.6) is 0 Å². The maximum absolute atomic E-state index is 12.8. The van der Waals surface area contributed by atoms with Gasteiger partial charge in [0.15, 0.2) is 0 Å². The largest absolute Gasteiger partial charge is 0.463 e. The van der Waals surface area contributed by atoms with E-state index in [2.05, 4.69) is 42.3 Å². The second kappa shape index (κ2) is 9.38. The summed E-state index contributed by atoms with van der Waals surface area (Å²) in [6.07, 6.45) is 0. The van der Waals surface area contributed by atoms with Crippen LogP contribution in [0.3, 0.4) is 0 Å². The zero-order valence-corrected chi connectivity index (χ0v) is 20.0. The Kier molecular flexibility index (Phi) is 6.58. The van der Waals surface area contributed by atoms with Gasteiger partial charge in [-0.1, -0.05) is 59.3 Å². The molecule has 1 N–H and O–H groups in total. The van der Waals surface area contributed by atoms with E-state index in [4.69, 9.17) is 21.4 Å². The molecule has 0 saturated heterocycles. The summed E-state index contributed by atoms with van der Waals surface area (Å²) < 4.78 is 7.10. The van der Waals surface area contributed by atoms with E-state index >= 15 is 0 Å². The molecule has 0 unspecified atom stereocenters. The van der Waals surface area contributed by atoms with Crippen LogP contribution in [0.2, 0.25) is 5.02 Å². The first kappa shape index (κ1) is 22.4. The predicted octanol–water partition coefficient (Wildman–Crippen LogP) is 5.69. The van der Waals surface area contributed by atoms with Crippen LogP contribution in [0.15, 0.2) is 58.9 Å². The van der Waals surface area contributed by atoms with E-state index in [0.29, 0.717) is 34.0 Å². The number of aryl methyl sites for hydroxylation is 2. The van der Waals surface area contributed by atoms with Crippen LogP contribution in [0.1, 0.15) is 42.1 Å². The number of aromatic nitrogens is 3. The van der Waals surface area contributed by atoms with E-state index in [1.807, 2.05) is 31.2 Å². The topological polar surface area (TPSA) is 69.0 Å². The Bertz CT molecular complexity index is 1190. The molecule has 0 spiro atoms. The van der Waals surface area contributed by atoms with Gasteiger partial charge in [-0.25, -0.2) is 9.48 Å². The fraction of sp³-hybridized carbons (Fsp3) is 0.292. The number of rotatable bonds is 6. The number of anilines is 1. The molecule has 2 aromatic carbocycles. The summed E-state index contributed by atoms with van der Waals surface area (Å²) in [6, 6.07) is 13.4. The fourth-order valence-corrected chi connectivity index (χ4v) is 4.80. The fourth-order valence-electron chi connectivity index (χ4n) is 3.77. The van der Waals surface area contributed by atoms with E-state index in [0.717, 1.165) is 11.3 Å². The second-order valence-electron chi connectivity index (χ2n) is 7.72. The van der Waals surface area contributed by atoms with Crippen molar-refractivity contribution in [2.45, 2.75) is 44.6 Å². The molecule has 0 amide bonds. The number of halogens is 1. The minimum absolute atomic E-state index is 0.296. The van der Waals surface area contributed by atoms with Crippen LogP contribution in [-0.2, 0) is 15.3 Å². The van der Waals surface area contributed by atoms with E-state index in [9.17, 15) is 4.79 Å². The highest BCUT2D eigenvalue weighted by molar-refractivity contribution is 7.98. The Morgan fingerprint density at radius 1 is 1.19 bits per heavy atom. The number of hydrogen-bond donors (Lipinski definition) is 1. The van der Waals surface area contributed by atoms with Gasteiger partial charge in [-0.05, 0) is 56.5 Å². The number of hydrogen-bond acceptors (Lipinski definition) is 6. The van der Waals surface area contributed by atoms with E-state index in [-0.39, 0.29) is 5.97 Å². The number of benzene rings is 2. The van der Waals surface area contributed by atoms with E-state index in [1.165, 1.54) is 16.7 Å². The van der Waals surface area contributed by atoms with Crippen LogP contribution in [-0.4, -0.2) is 27.3 Å². The van der Waals surface area contributed by atoms with Crippen LogP contribution < -0.4 is 5.32 Å². The van der Waals surface area contributed by atoms with Gasteiger partial charge in [0, 0.05) is 16.5 Å². The van der Waals surface area contributed by atoms with Crippen molar-refractivity contribution in [3.63, 3.8) is 0 Å². The van der Waals surface area contributed by atoms with Crippen molar-refractivity contribution in [2.24, 2.45) is 0 Å². The summed E-state index contributed by atoms with van der Waals surface area (Å²) >= 11 is 7.67. The summed E-state index contributed by atoms with van der Waals surface area (Å²) in [7, 11) is 0. The lowest BCUT2D eigenvalue weighted by Crippen LogP contribution is -2.29. The van der Waals surface area contributed by atoms with Crippen molar-refractivity contribution in [1.29, 1.82) is 0 Å². The number of ether oxygens (including phenoxy) is 1. The van der Waals surface area contributed by atoms with Crippen molar-refractivity contribution >= 4 is 35.3 Å². The normalized spacial score (nSPS) is 15.3. The highest BCUT2D eigenvalue weighted by Gasteiger charge is 2.35. The number of carbonyl (C=O) groups is 1. The lowest BCUT2D eigenvalue weighted by atomic mass is 9.96. The average Bonchev–Trinajstić information content (AvgIpc) is 3.15. The Balaban J connectivity index is 1.68. The molecular weight excluding hydrogens is 444 g/mol. The van der Waals surface area contributed by atoms with Gasteiger partial charge in [0.25, 0.3) is 0 Å². The van der Waals surface area contributed by atoms with Gasteiger partial charge in [0.2, 0.25) is 11.1 Å².